The molecule has 0 radical (unpaired) electrons. The maximum absolute atomic E-state index is 12.7. The van der Waals surface area contributed by atoms with E-state index >= 15 is 0 Å². The van der Waals surface area contributed by atoms with Crippen LogP contribution in [0, 0.1) is 0 Å². The fourth-order valence-corrected chi connectivity index (χ4v) is 3.24. The predicted octanol–water partition coefficient (Wildman–Crippen LogP) is -0.225. The molecular weight excluding hydrogens is 300 g/mol. The third-order valence-electron chi connectivity index (χ3n) is 4.45. The topological polar surface area (TPSA) is 88.0 Å². The van der Waals surface area contributed by atoms with Crippen molar-refractivity contribution in [1.29, 1.82) is 0 Å². The van der Waals surface area contributed by atoms with Crippen LogP contribution in [-0.2, 0) is 0 Å². The van der Waals surface area contributed by atoms with Gasteiger partial charge in [0.15, 0.2) is 0 Å². The number of carbonyl (C=O) groups excluding carboxylic acids is 1. The molecule has 2 saturated heterocycles. The van der Waals surface area contributed by atoms with Gasteiger partial charge < -0.3 is 19.5 Å². The number of β-amino-alcohol motifs (C(OH)–C–C–N with tert-alkyl or cyclic N) is 1. The van der Waals surface area contributed by atoms with Crippen molar-refractivity contribution in [2.45, 2.75) is 25.0 Å². The van der Waals surface area contributed by atoms with E-state index in [1.54, 1.807) is 4.90 Å². The van der Waals surface area contributed by atoms with E-state index in [1.807, 2.05) is 0 Å². The average Bonchev–Trinajstić information content (AvgIpc) is 3.22. The highest BCUT2D eigenvalue weighted by molar-refractivity contribution is 5.93. The molecule has 2 fully saturated rings. The molecule has 1 N–H and O–H groups in total. The summed E-state index contributed by atoms with van der Waals surface area (Å²) >= 11 is 0. The Morgan fingerprint density at radius 3 is 2.61 bits per heavy atom. The van der Waals surface area contributed by atoms with Crippen LogP contribution < -0.4 is 9.47 Å². The number of hydrogen-bond donors (Lipinski definition) is 1. The number of aliphatic hydroxyl groups is 1. The van der Waals surface area contributed by atoms with Gasteiger partial charge in [0, 0.05) is 19.2 Å². The summed E-state index contributed by atoms with van der Waals surface area (Å²) < 4.78 is 10.1. The molecule has 2 atom stereocenters. The lowest BCUT2D eigenvalue weighted by Gasteiger charge is -2.25. The number of nitrogens with zero attached hydrogens (tertiary/aromatic N) is 4. The number of likely N-dealkylation sites (tertiary alicyclic amines) is 2. The van der Waals surface area contributed by atoms with Gasteiger partial charge in [0.2, 0.25) is 5.88 Å². The van der Waals surface area contributed by atoms with Crippen LogP contribution in [0.1, 0.15) is 23.3 Å². The first-order chi connectivity index (χ1) is 11.1. The predicted molar refractivity (Wildman–Crippen MR) is 81.6 cm³/mol. The third-order valence-corrected chi connectivity index (χ3v) is 4.45. The van der Waals surface area contributed by atoms with Crippen molar-refractivity contribution in [2.75, 3.05) is 40.4 Å². The molecule has 0 bridgehead atoms. The standard InChI is InChI=1S/C15H22N4O4/c1-22-13-7-10(16-15(17-13)23-2)14(21)19-8-11(12(20)9-19)18-5-3-4-6-18/h7,11-12,20H,3-6,8-9H2,1-2H3/t11-,12-/m1/s1. The first-order valence-corrected chi connectivity index (χ1v) is 7.81. The maximum atomic E-state index is 12.7. The number of aliphatic hydroxyl groups excluding tert-OH is 1. The van der Waals surface area contributed by atoms with Crippen LogP contribution in [0.15, 0.2) is 6.07 Å². The van der Waals surface area contributed by atoms with Crippen LogP contribution >= 0.6 is 0 Å². The van der Waals surface area contributed by atoms with Crippen LogP contribution in [0.3, 0.4) is 0 Å². The summed E-state index contributed by atoms with van der Waals surface area (Å²) in [6.07, 6.45) is 1.78. The quantitative estimate of drug-likeness (QED) is 0.819. The van der Waals surface area contributed by atoms with Gasteiger partial charge in [-0.1, -0.05) is 0 Å². The van der Waals surface area contributed by atoms with Gasteiger partial charge in [-0.05, 0) is 25.9 Å². The van der Waals surface area contributed by atoms with Crippen LogP contribution in [0.25, 0.3) is 0 Å². The molecule has 1 aromatic rings. The molecule has 2 aliphatic rings. The second-order valence-electron chi connectivity index (χ2n) is 5.87. The van der Waals surface area contributed by atoms with Gasteiger partial charge in [-0.25, -0.2) is 0 Å². The van der Waals surface area contributed by atoms with E-state index in [2.05, 4.69) is 14.9 Å². The van der Waals surface area contributed by atoms with Crippen molar-refractivity contribution in [2.24, 2.45) is 0 Å². The first kappa shape index (κ1) is 15.9. The zero-order valence-electron chi connectivity index (χ0n) is 13.4. The molecule has 1 aromatic heterocycles. The van der Waals surface area contributed by atoms with Crippen molar-refractivity contribution in [3.05, 3.63) is 11.8 Å². The summed E-state index contributed by atoms with van der Waals surface area (Å²) in [5.74, 6) is 0.0285. The van der Waals surface area contributed by atoms with Crippen molar-refractivity contribution in [3.8, 4) is 11.9 Å². The Balaban J connectivity index is 1.75. The molecule has 0 aromatic carbocycles. The van der Waals surface area contributed by atoms with Gasteiger partial charge in [0.25, 0.3) is 5.91 Å². The van der Waals surface area contributed by atoms with Gasteiger partial charge in [-0.3, -0.25) is 9.69 Å². The fourth-order valence-electron chi connectivity index (χ4n) is 3.24. The van der Waals surface area contributed by atoms with Gasteiger partial charge in [0.05, 0.1) is 26.4 Å². The second-order valence-corrected chi connectivity index (χ2v) is 5.87. The summed E-state index contributed by atoms with van der Waals surface area (Å²) in [5, 5.41) is 10.3. The molecule has 3 heterocycles. The van der Waals surface area contributed by atoms with E-state index in [0.29, 0.717) is 13.1 Å². The van der Waals surface area contributed by atoms with Crippen molar-refractivity contribution in [1.82, 2.24) is 19.8 Å². The van der Waals surface area contributed by atoms with E-state index in [0.717, 1.165) is 25.9 Å². The minimum absolute atomic E-state index is 0.00655. The monoisotopic (exact) mass is 322 g/mol. The van der Waals surface area contributed by atoms with Gasteiger partial charge in [-0.15, -0.1) is 0 Å². The van der Waals surface area contributed by atoms with Crippen molar-refractivity contribution in [3.63, 3.8) is 0 Å². The summed E-state index contributed by atoms with van der Waals surface area (Å²) in [4.78, 5) is 24.7. The van der Waals surface area contributed by atoms with Gasteiger partial charge >= 0.3 is 6.01 Å². The Hall–Kier alpha value is -1.93. The third kappa shape index (κ3) is 3.23. The number of carbonyl (C=O) groups is 1. The lowest BCUT2D eigenvalue weighted by molar-refractivity contribution is 0.0755. The van der Waals surface area contributed by atoms with Gasteiger partial charge in [-0.2, -0.15) is 9.97 Å². The summed E-state index contributed by atoms with van der Waals surface area (Å²) in [7, 11) is 2.91. The summed E-state index contributed by atoms with van der Waals surface area (Å²) in [5.41, 5.74) is 0.211. The zero-order chi connectivity index (χ0) is 16.4. The van der Waals surface area contributed by atoms with E-state index in [4.69, 9.17) is 9.47 Å². The van der Waals surface area contributed by atoms with E-state index in [-0.39, 0.29) is 29.5 Å². The Morgan fingerprint density at radius 2 is 1.96 bits per heavy atom. The molecule has 0 saturated carbocycles. The molecule has 3 rings (SSSR count). The number of amides is 1. The largest absolute Gasteiger partial charge is 0.481 e. The van der Waals surface area contributed by atoms with Crippen LogP contribution in [0.5, 0.6) is 11.9 Å². The SMILES string of the molecule is COc1cc(C(=O)N2C[C@@H](O)[C@H](N3CCCC3)C2)nc(OC)n1. The average molecular weight is 322 g/mol. The normalized spacial score (nSPS) is 24.9. The molecule has 2 aliphatic heterocycles. The molecule has 23 heavy (non-hydrogen) atoms. The number of rotatable bonds is 4. The smallest absolute Gasteiger partial charge is 0.320 e. The maximum Gasteiger partial charge on any atom is 0.320 e. The Morgan fingerprint density at radius 1 is 1.22 bits per heavy atom. The summed E-state index contributed by atoms with van der Waals surface area (Å²) in [6.45, 7) is 2.79. The van der Waals surface area contributed by atoms with Crippen LogP contribution in [0.2, 0.25) is 0 Å². The van der Waals surface area contributed by atoms with Crippen LogP contribution in [-0.4, -0.2) is 83.3 Å². The lowest BCUT2D eigenvalue weighted by Crippen LogP contribution is -2.41. The van der Waals surface area contributed by atoms with Gasteiger partial charge in [0.1, 0.15) is 5.69 Å². The van der Waals surface area contributed by atoms with Crippen LogP contribution in [0.4, 0.5) is 0 Å². The Labute approximate surface area is 135 Å². The number of aromatic nitrogens is 2. The van der Waals surface area contributed by atoms with Crippen molar-refractivity contribution < 1.29 is 19.4 Å². The molecule has 8 nitrogen and oxygen atoms in total. The minimum atomic E-state index is -0.525. The number of ether oxygens (including phenoxy) is 2. The molecule has 0 spiro atoms. The second kappa shape index (κ2) is 6.67. The molecule has 0 unspecified atom stereocenters. The highest BCUT2D eigenvalue weighted by Gasteiger charge is 2.39. The van der Waals surface area contributed by atoms with E-state index in [9.17, 15) is 9.90 Å². The molecule has 126 valence electrons. The molecule has 1 amide bonds. The Kier molecular flexibility index (Phi) is 4.63. The van der Waals surface area contributed by atoms with Crippen molar-refractivity contribution >= 4 is 5.91 Å². The van der Waals surface area contributed by atoms with E-state index < -0.39 is 6.10 Å². The minimum Gasteiger partial charge on any atom is -0.481 e. The summed E-state index contributed by atoms with van der Waals surface area (Å²) in [6, 6.07) is 1.58. The zero-order valence-corrected chi connectivity index (χ0v) is 13.4. The lowest BCUT2D eigenvalue weighted by atomic mass is 10.2. The molecule has 0 aliphatic carbocycles. The van der Waals surface area contributed by atoms with E-state index in [1.165, 1.54) is 20.3 Å². The number of methoxy groups -OCH3 is 2. The molecular formula is C15H22N4O4. The highest BCUT2D eigenvalue weighted by Crippen LogP contribution is 2.23. The first-order valence-electron chi connectivity index (χ1n) is 7.81. The Bertz CT molecular complexity index is 554. The fraction of sp³-hybridized carbons (Fsp3) is 0.667. The highest BCUT2D eigenvalue weighted by atomic mass is 16.5. The molecule has 8 heteroatoms. The number of hydrogen-bond acceptors (Lipinski definition) is 7.